The summed E-state index contributed by atoms with van der Waals surface area (Å²) in [6.45, 7) is 0.645. The summed E-state index contributed by atoms with van der Waals surface area (Å²) in [6, 6.07) is 12.9. The van der Waals surface area contributed by atoms with Gasteiger partial charge in [-0.1, -0.05) is 24.3 Å². The number of fused-ring (bicyclic) bond motifs is 1. The number of para-hydroxylation sites is 1. The summed E-state index contributed by atoms with van der Waals surface area (Å²) in [6.07, 6.45) is 0.326. The van der Waals surface area contributed by atoms with Gasteiger partial charge >= 0.3 is 0 Å². The van der Waals surface area contributed by atoms with Crippen molar-refractivity contribution in [2.45, 2.75) is 13.0 Å². The van der Waals surface area contributed by atoms with E-state index in [2.05, 4.69) is 5.32 Å². The van der Waals surface area contributed by atoms with E-state index in [0.717, 1.165) is 16.9 Å². The second kappa shape index (κ2) is 5.75. The molecule has 0 radical (unpaired) electrons. The monoisotopic (exact) mass is 284 g/mol. The number of rotatable bonds is 4. The molecule has 1 aliphatic rings. The number of nitrogens with two attached hydrogens (primary N) is 1. The van der Waals surface area contributed by atoms with Crippen LogP contribution in [0.2, 0.25) is 0 Å². The van der Waals surface area contributed by atoms with Gasteiger partial charge in [-0.3, -0.25) is 4.79 Å². The summed E-state index contributed by atoms with van der Waals surface area (Å²) in [4.78, 5) is 12.0. The molecule has 3 N–H and O–H groups in total. The van der Waals surface area contributed by atoms with E-state index < -0.39 is 0 Å². The standard InChI is InChI=1S/C16H16N2O3/c17-13-6-4-11(5-7-13)8-15(19)18-9-12-2-1-3-14-16(12)21-10-20-14/h1-7H,8-10,17H2,(H,18,19). The molecular formula is C16H16N2O3. The fourth-order valence-electron chi connectivity index (χ4n) is 2.21. The van der Waals surface area contributed by atoms with E-state index >= 15 is 0 Å². The molecule has 1 aliphatic heterocycles. The Balaban J connectivity index is 1.59. The summed E-state index contributed by atoms with van der Waals surface area (Å²) in [7, 11) is 0. The Morgan fingerprint density at radius 3 is 2.76 bits per heavy atom. The van der Waals surface area contributed by atoms with Crippen molar-refractivity contribution in [3.8, 4) is 11.5 Å². The maximum Gasteiger partial charge on any atom is 0.231 e. The fraction of sp³-hybridized carbons (Fsp3) is 0.188. The van der Waals surface area contributed by atoms with Crippen molar-refractivity contribution < 1.29 is 14.3 Å². The van der Waals surface area contributed by atoms with E-state index in [4.69, 9.17) is 15.2 Å². The van der Waals surface area contributed by atoms with Gasteiger partial charge in [0, 0.05) is 17.8 Å². The second-order valence-electron chi connectivity index (χ2n) is 4.85. The number of benzene rings is 2. The lowest BCUT2D eigenvalue weighted by Crippen LogP contribution is -2.24. The molecule has 0 fully saturated rings. The smallest absolute Gasteiger partial charge is 0.231 e. The highest BCUT2D eigenvalue weighted by atomic mass is 16.7. The average Bonchev–Trinajstić information content (AvgIpc) is 2.96. The number of anilines is 1. The second-order valence-corrected chi connectivity index (χ2v) is 4.85. The molecule has 1 amide bonds. The van der Waals surface area contributed by atoms with Gasteiger partial charge in [-0.25, -0.2) is 0 Å². The fourth-order valence-corrected chi connectivity index (χ4v) is 2.21. The van der Waals surface area contributed by atoms with Crippen molar-refractivity contribution in [3.05, 3.63) is 53.6 Å². The number of nitrogen functional groups attached to an aromatic ring is 1. The van der Waals surface area contributed by atoms with Crippen LogP contribution >= 0.6 is 0 Å². The Labute approximate surface area is 122 Å². The molecule has 21 heavy (non-hydrogen) atoms. The van der Waals surface area contributed by atoms with Crippen LogP contribution in [0.5, 0.6) is 11.5 Å². The zero-order chi connectivity index (χ0) is 14.7. The Morgan fingerprint density at radius 2 is 1.95 bits per heavy atom. The van der Waals surface area contributed by atoms with Gasteiger partial charge in [0.15, 0.2) is 11.5 Å². The zero-order valence-corrected chi connectivity index (χ0v) is 11.5. The minimum Gasteiger partial charge on any atom is -0.454 e. The largest absolute Gasteiger partial charge is 0.454 e. The van der Waals surface area contributed by atoms with E-state index in [1.807, 2.05) is 30.3 Å². The first-order valence-corrected chi connectivity index (χ1v) is 6.71. The van der Waals surface area contributed by atoms with Crippen molar-refractivity contribution in [2.75, 3.05) is 12.5 Å². The van der Waals surface area contributed by atoms with Gasteiger partial charge in [0.05, 0.1) is 6.42 Å². The van der Waals surface area contributed by atoms with Gasteiger partial charge in [0.1, 0.15) is 0 Å². The topological polar surface area (TPSA) is 73.6 Å². The molecule has 3 rings (SSSR count). The quantitative estimate of drug-likeness (QED) is 0.840. The van der Waals surface area contributed by atoms with E-state index in [0.29, 0.717) is 24.4 Å². The highest BCUT2D eigenvalue weighted by Gasteiger charge is 2.17. The van der Waals surface area contributed by atoms with Crippen LogP contribution in [0.25, 0.3) is 0 Å². The summed E-state index contributed by atoms with van der Waals surface area (Å²) in [5.74, 6) is 1.39. The summed E-state index contributed by atoms with van der Waals surface area (Å²) < 4.78 is 10.7. The minimum atomic E-state index is -0.0451. The molecule has 0 aromatic heterocycles. The zero-order valence-electron chi connectivity index (χ0n) is 11.5. The molecule has 0 aliphatic carbocycles. The van der Waals surface area contributed by atoms with Gasteiger partial charge in [-0.05, 0) is 23.8 Å². The van der Waals surface area contributed by atoms with Crippen molar-refractivity contribution >= 4 is 11.6 Å². The third-order valence-electron chi connectivity index (χ3n) is 3.30. The molecule has 2 aromatic rings. The van der Waals surface area contributed by atoms with Gasteiger partial charge < -0.3 is 20.5 Å². The molecule has 0 bridgehead atoms. The molecule has 2 aromatic carbocycles. The first-order chi connectivity index (χ1) is 10.2. The van der Waals surface area contributed by atoms with Gasteiger partial charge in [0.25, 0.3) is 0 Å². The Hall–Kier alpha value is -2.69. The molecule has 0 saturated heterocycles. The molecule has 5 heteroatoms. The number of ether oxygens (including phenoxy) is 2. The Kier molecular flexibility index (Phi) is 3.64. The normalized spacial score (nSPS) is 12.2. The van der Waals surface area contributed by atoms with E-state index in [-0.39, 0.29) is 12.7 Å². The van der Waals surface area contributed by atoms with Crippen molar-refractivity contribution in [2.24, 2.45) is 0 Å². The molecule has 0 spiro atoms. The molecular weight excluding hydrogens is 268 g/mol. The Morgan fingerprint density at radius 1 is 1.14 bits per heavy atom. The molecule has 0 saturated carbocycles. The van der Waals surface area contributed by atoms with Crippen LogP contribution in [0.15, 0.2) is 42.5 Å². The molecule has 108 valence electrons. The lowest BCUT2D eigenvalue weighted by atomic mass is 10.1. The maximum atomic E-state index is 12.0. The first-order valence-electron chi connectivity index (χ1n) is 6.71. The highest BCUT2D eigenvalue weighted by molar-refractivity contribution is 5.78. The van der Waals surface area contributed by atoms with Crippen molar-refractivity contribution in [1.82, 2.24) is 5.32 Å². The van der Waals surface area contributed by atoms with Crippen molar-refractivity contribution in [3.63, 3.8) is 0 Å². The Bertz CT molecular complexity index is 653. The third-order valence-corrected chi connectivity index (χ3v) is 3.30. The van der Waals surface area contributed by atoms with E-state index in [1.54, 1.807) is 12.1 Å². The van der Waals surface area contributed by atoms with E-state index in [9.17, 15) is 4.79 Å². The maximum absolute atomic E-state index is 12.0. The van der Waals surface area contributed by atoms with Crippen molar-refractivity contribution in [1.29, 1.82) is 0 Å². The summed E-state index contributed by atoms with van der Waals surface area (Å²) in [5, 5.41) is 2.89. The first kappa shape index (κ1) is 13.3. The van der Waals surface area contributed by atoms with Crippen LogP contribution in [0.4, 0.5) is 5.69 Å². The summed E-state index contributed by atoms with van der Waals surface area (Å²) in [5.41, 5.74) is 8.15. The van der Waals surface area contributed by atoms with Gasteiger partial charge in [0.2, 0.25) is 12.7 Å². The number of nitrogens with one attached hydrogen (secondary N) is 1. The number of hydrogen-bond donors (Lipinski definition) is 2. The van der Waals surface area contributed by atoms with Gasteiger partial charge in [-0.15, -0.1) is 0 Å². The van der Waals surface area contributed by atoms with Gasteiger partial charge in [-0.2, -0.15) is 0 Å². The number of carbonyl (C=O) groups is 1. The predicted molar refractivity (Wildman–Crippen MR) is 79.0 cm³/mol. The summed E-state index contributed by atoms with van der Waals surface area (Å²) >= 11 is 0. The SMILES string of the molecule is Nc1ccc(CC(=O)NCc2cccc3c2OCO3)cc1. The van der Waals surface area contributed by atoms with Crippen LogP contribution in [-0.4, -0.2) is 12.7 Å². The van der Waals surface area contributed by atoms with Crippen LogP contribution in [0.1, 0.15) is 11.1 Å². The number of amides is 1. The van der Waals surface area contributed by atoms with Crippen LogP contribution < -0.4 is 20.5 Å². The predicted octanol–water partition coefficient (Wildman–Crippen LogP) is 1.86. The molecule has 1 heterocycles. The lowest BCUT2D eigenvalue weighted by Gasteiger charge is -2.08. The highest BCUT2D eigenvalue weighted by Crippen LogP contribution is 2.35. The van der Waals surface area contributed by atoms with E-state index in [1.165, 1.54) is 0 Å². The lowest BCUT2D eigenvalue weighted by molar-refractivity contribution is -0.120. The minimum absolute atomic E-state index is 0.0451. The average molecular weight is 284 g/mol. The third kappa shape index (κ3) is 3.08. The molecule has 0 atom stereocenters. The molecule has 5 nitrogen and oxygen atoms in total. The van der Waals surface area contributed by atoms with Crippen LogP contribution in [0, 0.1) is 0 Å². The van der Waals surface area contributed by atoms with Crippen LogP contribution in [-0.2, 0) is 17.8 Å². The number of carbonyl (C=O) groups excluding carboxylic acids is 1. The molecule has 0 unspecified atom stereocenters. The number of hydrogen-bond acceptors (Lipinski definition) is 4. The van der Waals surface area contributed by atoms with Crippen LogP contribution in [0.3, 0.4) is 0 Å².